The number of alkyl halides is 3. The van der Waals surface area contributed by atoms with Gasteiger partial charge in [-0.2, -0.15) is 13.2 Å². The van der Waals surface area contributed by atoms with Gasteiger partial charge in [-0.25, -0.2) is 4.98 Å². The van der Waals surface area contributed by atoms with Crippen molar-refractivity contribution in [3.05, 3.63) is 76.3 Å². The molecule has 0 spiro atoms. The smallest absolute Gasteiger partial charge is 0.416 e. The molecule has 2 aromatic carbocycles. The fourth-order valence-electron chi connectivity index (χ4n) is 2.86. The maximum absolute atomic E-state index is 12.9. The van der Waals surface area contributed by atoms with Crippen LogP contribution in [0.15, 0.2) is 54.7 Å². The van der Waals surface area contributed by atoms with E-state index in [-0.39, 0.29) is 13.0 Å². The average molecular weight is 463 g/mol. The number of para-hydroxylation sites is 1. The molecule has 1 heterocycles. The lowest BCUT2D eigenvalue weighted by molar-refractivity contribution is -0.137. The van der Waals surface area contributed by atoms with Crippen molar-refractivity contribution in [2.75, 3.05) is 18.5 Å². The van der Waals surface area contributed by atoms with Crippen LogP contribution in [-0.4, -0.2) is 29.9 Å². The van der Waals surface area contributed by atoms with Crippen molar-refractivity contribution in [2.24, 2.45) is 0 Å². The molecule has 32 heavy (non-hydrogen) atoms. The maximum Gasteiger partial charge on any atom is 0.416 e. The standard InChI is InChI=1S/C22H20F3N3O3S/c1-2-31-18-9-4-3-8-17(18)20(30)26-13-19(29)28-21-27-12-16(32-21)11-14-6-5-7-15(10-14)22(23,24)25/h3-10,12H,2,11,13H2,1H3,(H,26,30)(H,27,28,29). The molecule has 3 rings (SSSR count). The van der Waals surface area contributed by atoms with Gasteiger partial charge in [0.25, 0.3) is 5.91 Å². The lowest BCUT2D eigenvalue weighted by atomic mass is 10.1. The van der Waals surface area contributed by atoms with E-state index < -0.39 is 23.6 Å². The first kappa shape index (κ1) is 23.3. The van der Waals surface area contributed by atoms with Crippen LogP contribution >= 0.6 is 11.3 Å². The molecule has 10 heteroatoms. The molecule has 0 fully saturated rings. The first-order valence-corrected chi connectivity index (χ1v) is 10.5. The third-order valence-electron chi connectivity index (χ3n) is 4.27. The normalized spacial score (nSPS) is 11.1. The molecular formula is C22H20F3N3O3S. The Kier molecular flexibility index (Phi) is 7.47. The number of nitrogens with zero attached hydrogens (tertiary/aromatic N) is 1. The Morgan fingerprint density at radius 1 is 1.12 bits per heavy atom. The number of amides is 2. The third-order valence-corrected chi connectivity index (χ3v) is 5.19. The number of halogens is 3. The minimum absolute atomic E-state index is 0.252. The largest absolute Gasteiger partial charge is 0.493 e. The fourth-order valence-corrected chi connectivity index (χ4v) is 3.72. The van der Waals surface area contributed by atoms with Crippen molar-refractivity contribution in [3.8, 4) is 5.75 Å². The van der Waals surface area contributed by atoms with Crippen LogP contribution in [0.3, 0.4) is 0 Å². The van der Waals surface area contributed by atoms with Gasteiger partial charge in [0, 0.05) is 17.5 Å². The Morgan fingerprint density at radius 2 is 1.91 bits per heavy atom. The lowest BCUT2D eigenvalue weighted by Crippen LogP contribution is -2.33. The molecule has 0 aliphatic carbocycles. The molecule has 0 aliphatic rings. The summed E-state index contributed by atoms with van der Waals surface area (Å²) >= 11 is 1.15. The van der Waals surface area contributed by atoms with Crippen molar-refractivity contribution in [3.63, 3.8) is 0 Å². The van der Waals surface area contributed by atoms with Crippen LogP contribution in [0.4, 0.5) is 18.3 Å². The number of benzene rings is 2. The molecule has 0 saturated heterocycles. The summed E-state index contributed by atoms with van der Waals surface area (Å²) in [4.78, 5) is 29.3. The highest BCUT2D eigenvalue weighted by Crippen LogP contribution is 2.30. The second-order valence-corrected chi connectivity index (χ2v) is 7.78. The van der Waals surface area contributed by atoms with Gasteiger partial charge in [-0.1, -0.05) is 30.3 Å². The minimum Gasteiger partial charge on any atom is -0.493 e. The maximum atomic E-state index is 12.9. The van der Waals surface area contributed by atoms with Gasteiger partial charge in [0.05, 0.1) is 24.3 Å². The van der Waals surface area contributed by atoms with E-state index in [4.69, 9.17) is 4.74 Å². The molecule has 6 nitrogen and oxygen atoms in total. The Hall–Kier alpha value is -3.40. The van der Waals surface area contributed by atoms with Gasteiger partial charge in [0.2, 0.25) is 5.91 Å². The topological polar surface area (TPSA) is 80.3 Å². The molecule has 0 unspecified atom stereocenters. The number of rotatable bonds is 8. The fraction of sp³-hybridized carbons (Fsp3) is 0.227. The van der Waals surface area contributed by atoms with Crippen molar-refractivity contribution in [1.29, 1.82) is 0 Å². The van der Waals surface area contributed by atoms with Gasteiger partial charge < -0.3 is 15.4 Å². The summed E-state index contributed by atoms with van der Waals surface area (Å²) in [5.74, 6) is -0.507. The molecular weight excluding hydrogens is 443 g/mol. The molecule has 2 amide bonds. The van der Waals surface area contributed by atoms with Crippen molar-refractivity contribution in [1.82, 2.24) is 10.3 Å². The van der Waals surface area contributed by atoms with Crippen LogP contribution in [0, 0.1) is 0 Å². The zero-order valence-corrected chi connectivity index (χ0v) is 17.8. The Balaban J connectivity index is 1.54. The van der Waals surface area contributed by atoms with Gasteiger partial charge in [-0.15, -0.1) is 11.3 Å². The summed E-state index contributed by atoms with van der Waals surface area (Å²) in [6, 6.07) is 11.8. The van der Waals surface area contributed by atoms with Crippen LogP contribution in [0.25, 0.3) is 0 Å². The highest BCUT2D eigenvalue weighted by Gasteiger charge is 2.30. The van der Waals surface area contributed by atoms with E-state index in [0.717, 1.165) is 23.5 Å². The zero-order valence-electron chi connectivity index (χ0n) is 17.0. The second-order valence-electron chi connectivity index (χ2n) is 6.67. The molecule has 2 N–H and O–H groups in total. The summed E-state index contributed by atoms with van der Waals surface area (Å²) in [5, 5.41) is 5.39. The van der Waals surface area contributed by atoms with E-state index in [1.165, 1.54) is 12.3 Å². The van der Waals surface area contributed by atoms with E-state index in [0.29, 0.717) is 33.5 Å². The summed E-state index contributed by atoms with van der Waals surface area (Å²) in [7, 11) is 0. The first-order valence-electron chi connectivity index (χ1n) is 9.67. The number of carbonyl (C=O) groups excluding carboxylic acids is 2. The molecule has 3 aromatic rings. The van der Waals surface area contributed by atoms with E-state index in [1.54, 1.807) is 37.3 Å². The van der Waals surface area contributed by atoms with Crippen LogP contribution in [-0.2, 0) is 17.4 Å². The highest BCUT2D eigenvalue weighted by molar-refractivity contribution is 7.15. The van der Waals surface area contributed by atoms with Gasteiger partial charge in [0.15, 0.2) is 5.13 Å². The van der Waals surface area contributed by atoms with E-state index >= 15 is 0 Å². The minimum atomic E-state index is -4.41. The van der Waals surface area contributed by atoms with Gasteiger partial charge in [-0.05, 0) is 30.7 Å². The molecule has 168 valence electrons. The number of thiazole rings is 1. The highest BCUT2D eigenvalue weighted by atomic mass is 32.1. The third kappa shape index (κ3) is 6.30. The predicted molar refractivity (Wildman–Crippen MR) is 115 cm³/mol. The van der Waals surface area contributed by atoms with Gasteiger partial charge in [0.1, 0.15) is 5.75 Å². The van der Waals surface area contributed by atoms with E-state index in [2.05, 4.69) is 15.6 Å². The number of carbonyl (C=O) groups is 2. The molecule has 0 aliphatic heterocycles. The monoisotopic (exact) mass is 463 g/mol. The second kappa shape index (κ2) is 10.3. The molecule has 0 radical (unpaired) electrons. The van der Waals surface area contributed by atoms with Crippen LogP contribution < -0.4 is 15.4 Å². The summed E-state index contributed by atoms with van der Waals surface area (Å²) in [5.41, 5.74) is 0.0936. The van der Waals surface area contributed by atoms with Crippen LogP contribution in [0.1, 0.15) is 33.3 Å². The number of nitrogens with one attached hydrogen (secondary N) is 2. The Labute approximate surface area is 186 Å². The van der Waals surface area contributed by atoms with Gasteiger partial charge in [-0.3, -0.25) is 9.59 Å². The first-order chi connectivity index (χ1) is 15.3. The average Bonchev–Trinajstić information content (AvgIpc) is 3.19. The lowest BCUT2D eigenvalue weighted by Gasteiger charge is -2.10. The van der Waals surface area contributed by atoms with Crippen LogP contribution in [0.5, 0.6) is 5.75 Å². The Bertz CT molecular complexity index is 1100. The predicted octanol–water partition coefficient (Wildman–Crippen LogP) is 4.52. The van der Waals surface area contributed by atoms with Crippen molar-refractivity contribution in [2.45, 2.75) is 19.5 Å². The summed E-state index contributed by atoms with van der Waals surface area (Å²) in [6.45, 7) is 1.93. The van der Waals surface area contributed by atoms with E-state index in [9.17, 15) is 22.8 Å². The molecule has 0 saturated carbocycles. The van der Waals surface area contributed by atoms with E-state index in [1.807, 2.05) is 0 Å². The Morgan fingerprint density at radius 3 is 2.66 bits per heavy atom. The zero-order chi connectivity index (χ0) is 23.1. The number of anilines is 1. The molecule has 0 atom stereocenters. The molecule has 0 bridgehead atoms. The number of ether oxygens (including phenoxy) is 1. The number of hydrogen-bond acceptors (Lipinski definition) is 5. The quantitative estimate of drug-likeness (QED) is 0.515. The van der Waals surface area contributed by atoms with Crippen molar-refractivity contribution < 1.29 is 27.5 Å². The number of aromatic nitrogens is 1. The van der Waals surface area contributed by atoms with Crippen molar-refractivity contribution >= 4 is 28.3 Å². The van der Waals surface area contributed by atoms with Crippen LogP contribution in [0.2, 0.25) is 0 Å². The number of hydrogen-bond donors (Lipinski definition) is 2. The molecule has 1 aromatic heterocycles. The summed E-state index contributed by atoms with van der Waals surface area (Å²) in [6.07, 6.45) is -2.66. The van der Waals surface area contributed by atoms with Gasteiger partial charge >= 0.3 is 6.18 Å². The summed E-state index contributed by atoms with van der Waals surface area (Å²) < 4.78 is 44.0. The SMILES string of the molecule is CCOc1ccccc1C(=O)NCC(=O)Nc1ncc(Cc2cccc(C(F)(F)F)c2)s1.